The van der Waals surface area contributed by atoms with Crippen molar-refractivity contribution in [1.29, 1.82) is 0 Å². The van der Waals surface area contributed by atoms with Gasteiger partial charge in [-0.15, -0.1) is 5.10 Å². The van der Waals surface area contributed by atoms with Crippen LogP contribution in [-0.4, -0.2) is 33.7 Å². The van der Waals surface area contributed by atoms with Crippen LogP contribution in [0, 0.1) is 5.82 Å². The van der Waals surface area contributed by atoms with Gasteiger partial charge in [-0.05, 0) is 18.2 Å². The van der Waals surface area contributed by atoms with Crippen molar-refractivity contribution in [2.24, 2.45) is 0 Å². The summed E-state index contributed by atoms with van der Waals surface area (Å²) in [6.07, 6.45) is 1.68. The van der Waals surface area contributed by atoms with Gasteiger partial charge in [-0.25, -0.2) is 8.78 Å². The molecule has 1 aliphatic rings. The van der Waals surface area contributed by atoms with Gasteiger partial charge in [-0.1, -0.05) is 15.9 Å². The summed E-state index contributed by atoms with van der Waals surface area (Å²) in [6.45, 7) is 0.0631. The van der Waals surface area contributed by atoms with Crippen LogP contribution < -0.4 is 11.1 Å². The fourth-order valence-corrected chi connectivity index (χ4v) is 2.54. The highest BCUT2D eigenvalue weighted by atomic mass is 79.9. The van der Waals surface area contributed by atoms with Crippen LogP contribution in [0.4, 0.5) is 20.4 Å². The predicted molar refractivity (Wildman–Crippen MR) is 87.3 cm³/mol. The Morgan fingerprint density at radius 1 is 1.39 bits per heavy atom. The van der Waals surface area contributed by atoms with E-state index in [1.807, 2.05) is 0 Å². The van der Waals surface area contributed by atoms with Crippen LogP contribution in [0.15, 0.2) is 40.4 Å². The molecule has 1 aromatic heterocycles. The second kappa shape index (κ2) is 5.99. The molecule has 0 amide bonds. The zero-order valence-corrected chi connectivity index (χ0v) is 13.7. The lowest BCUT2D eigenvalue weighted by Crippen LogP contribution is -2.23. The molecule has 3 rings (SSSR count). The fourth-order valence-electron chi connectivity index (χ4n) is 2.21. The maximum Gasteiger partial charge on any atom is 0.239 e. The Labute approximate surface area is 139 Å². The van der Waals surface area contributed by atoms with Gasteiger partial charge in [0.2, 0.25) is 5.95 Å². The summed E-state index contributed by atoms with van der Waals surface area (Å²) in [6, 6.07) is 4.48. The van der Waals surface area contributed by atoms with Crippen LogP contribution in [0.5, 0.6) is 0 Å². The molecule has 23 heavy (non-hydrogen) atoms. The lowest BCUT2D eigenvalue weighted by atomic mass is 10.1. The topological polar surface area (TPSA) is 82.9 Å². The summed E-state index contributed by atoms with van der Waals surface area (Å²) < 4.78 is 29.1. The number of rotatable bonds is 3. The van der Waals surface area contributed by atoms with Crippen LogP contribution in [0.1, 0.15) is 5.82 Å². The van der Waals surface area contributed by atoms with Gasteiger partial charge in [0.15, 0.2) is 5.82 Å². The molecular formula is C14H13BrF2N6. The van der Waals surface area contributed by atoms with E-state index in [0.29, 0.717) is 15.9 Å². The Kier molecular flexibility index (Phi) is 4.03. The van der Waals surface area contributed by atoms with Crippen molar-refractivity contribution < 1.29 is 8.78 Å². The van der Waals surface area contributed by atoms with Crippen LogP contribution in [0.25, 0.3) is 5.57 Å². The predicted octanol–water partition coefficient (Wildman–Crippen LogP) is 2.87. The molecule has 0 unspecified atom stereocenters. The quantitative estimate of drug-likeness (QED) is 0.760. The second-order valence-corrected chi connectivity index (χ2v) is 5.94. The van der Waals surface area contributed by atoms with Gasteiger partial charge in [-0.2, -0.15) is 4.98 Å². The molecule has 0 radical (unpaired) electrons. The van der Waals surface area contributed by atoms with E-state index >= 15 is 0 Å². The monoisotopic (exact) mass is 382 g/mol. The minimum atomic E-state index is -0.505. The highest BCUT2D eigenvalue weighted by molar-refractivity contribution is 9.10. The molecule has 2 heterocycles. The minimum absolute atomic E-state index is 0.0451. The van der Waals surface area contributed by atoms with Crippen molar-refractivity contribution in [2.75, 3.05) is 24.6 Å². The molecular weight excluding hydrogens is 370 g/mol. The van der Waals surface area contributed by atoms with Crippen LogP contribution >= 0.6 is 15.9 Å². The van der Waals surface area contributed by atoms with E-state index in [0.717, 1.165) is 0 Å². The van der Waals surface area contributed by atoms with E-state index in [4.69, 9.17) is 5.73 Å². The van der Waals surface area contributed by atoms with E-state index in [2.05, 4.69) is 36.4 Å². The van der Waals surface area contributed by atoms with Crippen molar-refractivity contribution in [1.82, 2.24) is 20.1 Å². The van der Waals surface area contributed by atoms with Crippen molar-refractivity contribution in [3.05, 3.63) is 52.0 Å². The minimum Gasteiger partial charge on any atom is -0.373 e. The first-order chi connectivity index (χ1) is 10.9. The molecule has 0 bridgehead atoms. The molecule has 0 aliphatic carbocycles. The number of H-pyrrole nitrogens is 1. The third-order valence-electron chi connectivity index (χ3n) is 3.23. The summed E-state index contributed by atoms with van der Waals surface area (Å²) >= 11 is 3.18. The van der Waals surface area contributed by atoms with Gasteiger partial charge >= 0.3 is 0 Å². The maximum atomic E-state index is 14.4. The molecule has 0 atom stereocenters. The Balaban J connectivity index is 2.00. The SMILES string of the molecule is CN1C=C(c2nc(N)n[nH]2)C(Nc2ccc(Br)cc2F)=C(F)C1. The van der Waals surface area contributed by atoms with E-state index in [1.54, 1.807) is 24.2 Å². The molecule has 2 aromatic rings. The van der Waals surface area contributed by atoms with Crippen LogP contribution in [0.3, 0.4) is 0 Å². The average molecular weight is 383 g/mol. The number of aromatic nitrogens is 3. The zero-order valence-electron chi connectivity index (χ0n) is 12.1. The second-order valence-electron chi connectivity index (χ2n) is 5.03. The number of nitrogens with two attached hydrogens (primary N) is 1. The van der Waals surface area contributed by atoms with Gasteiger partial charge in [-0.3, -0.25) is 5.10 Å². The van der Waals surface area contributed by atoms with Gasteiger partial charge in [0, 0.05) is 17.7 Å². The number of hydrogen-bond acceptors (Lipinski definition) is 5. The molecule has 1 aliphatic heterocycles. The Morgan fingerprint density at radius 3 is 2.83 bits per heavy atom. The first kappa shape index (κ1) is 15.5. The molecule has 0 fully saturated rings. The molecule has 6 nitrogen and oxygen atoms in total. The number of anilines is 2. The van der Waals surface area contributed by atoms with Crippen molar-refractivity contribution in [3.63, 3.8) is 0 Å². The lowest BCUT2D eigenvalue weighted by molar-refractivity contribution is 0.428. The fraction of sp³-hybridized carbons (Fsp3) is 0.143. The van der Waals surface area contributed by atoms with E-state index in [-0.39, 0.29) is 23.9 Å². The van der Waals surface area contributed by atoms with E-state index in [1.165, 1.54) is 12.1 Å². The third-order valence-corrected chi connectivity index (χ3v) is 3.72. The number of allylic oxidation sites excluding steroid dienone is 1. The zero-order chi connectivity index (χ0) is 16.6. The summed E-state index contributed by atoms with van der Waals surface area (Å²) in [7, 11) is 1.72. The number of aromatic amines is 1. The Bertz CT molecular complexity index is 813. The van der Waals surface area contributed by atoms with Crippen molar-refractivity contribution in [3.8, 4) is 0 Å². The maximum absolute atomic E-state index is 14.4. The van der Waals surface area contributed by atoms with Gasteiger partial charge < -0.3 is 16.0 Å². The largest absolute Gasteiger partial charge is 0.373 e. The molecule has 4 N–H and O–H groups in total. The number of nitrogens with one attached hydrogen (secondary N) is 2. The smallest absolute Gasteiger partial charge is 0.239 e. The Morgan fingerprint density at radius 2 is 2.17 bits per heavy atom. The van der Waals surface area contributed by atoms with Crippen molar-refractivity contribution >= 4 is 33.1 Å². The van der Waals surface area contributed by atoms with Gasteiger partial charge in [0.1, 0.15) is 11.6 Å². The highest BCUT2D eigenvalue weighted by Gasteiger charge is 2.23. The number of nitrogen functional groups attached to an aromatic ring is 1. The number of likely N-dealkylation sites (N-methyl/N-ethyl adjacent to an activating group) is 1. The number of benzene rings is 1. The average Bonchev–Trinajstić information content (AvgIpc) is 2.90. The third kappa shape index (κ3) is 3.19. The van der Waals surface area contributed by atoms with Crippen LogP contribution in [-0.2, 0) is 0 Å². The first-order valence-electron chi connectivity index (χ1n) is 6.65. The molecule has 0 saturated carbocycles. The van der Waals surface area contributed by atoms with Crippen LogP contribution in [0.2, 0.25) is 0 Å². The van der Waals surface area contributed by atoms with Gasteiger partial charge in [0.05, 0.1) is 23.5 Å². The molecule has 120 valence electrons. The summed E-state index contributed by atoms with van der Waals surface area (Å²) in [5.41, 5.74) is 6.19. The summed E-state index contributed by atoms with van der Waals surface area (Å²) in [5.74, 6) is -0.606. The number of hydrogen-bond donors (Lipinski definition) is 3. The summed E-state index contributed by atoms with van der Waals surface area (Å²) in [4.78, 5) is 5.65. The number of halogens is 3. The summed E-state index contributed by atoms with van der Waals surface area (Å²) in [5, 5.41) is 9.16. The molecule has 0 spiro atoms. The lowest BCUT2D eigenvalue weighted by Gasteiger charge is -2.24. The normalized spacial score (nSPS) is 15.0. The number of nitrogens with zero attached hydrogens (tertiary/aromatic N) is 3. The molecule has 0 saturated heterocycles. The highest BCUT2D eigenvalue weighted by Crippen LogP contribution is 2.31. The first-order valence-corrected chi connectivity index (χ1v) is 7.44. The van der Waals surface area contributed by atoms with E-state index < -0.39 is 11.6 Å². The van der Waals surface area contributed by atoms with Crippen molar-refractivity contribution in [2.45, 2.75) is 0 Å². The molecule has 1 aromatic carbocycles. The standard InChI is InChI=1S/C14H13BrF2N6/c1-23-5-8(13-20-14(18)22-21-13)12(10(17)6-23)19-11-3-2-7(15)4-9(11)16/h2-5,19H,6H2,1H3,(H3,18,20,21,22). The van der Waals surface area contributed by atoms with E-state index in [9.17, 15) is 8.78 Å². The Hall–Kier alpha value is -2.42. The molecule has 9 heteroatoms. The van der Waals surface area contributed by atoms with Gasteiger partial charge in [0.25, 0.3) is 0 Å².